The zero-order chi connectivity index (χ0) is 7.72. The highest BCUT2D eigenvalue weighted by molar-refractivity contribution is 5.80. The summed E-state index contributed by atoms with van der Waals surface area (Å²) in [6.07, 6.45) is -2.88. The Morgan fingerprint density at radius 3 is 2.40 bits per heavy atom. The topological polar surface area (TPSA) is 46.3 Å². The Balaban J connectivity index is 2.31. The Hall–Kier alpha value is -0.710. The van der Waals surface area contributed by atoms with E-state index >= 15 is 0 Å². The molecule has 1 aliphatic heterocycles. The Bertz CT molecular complexity index is 145. The molecule has 58 valence electrons. The number of rotatable bonds is 1. The lowest BCUT2D eigenvalue weighted by Gasteiger charge is -2.36. The van der Waals surface area contributed by atoms with E-state index in [1.54, 1.807) is 0 Å². The summed E-state index contributed by atoms with van der Waals surface area (Å²) in [6.45, 7) is 0.534. The lowest BCUT2D eigenvalue weighted by molar-refractivity contribution is -0.147. The van der Waals surface area contributed by atoms with Gasteiger partial charge in [0.05, 0.1) is 0 Å². The van der Waals surface area contributed by atoms with Crippen molar-refractivity contribution in [3.63, 3.8) is 0 Å². The van der Waals surface area contributed by atoms with E-state index in [0.717, 1.165) is 4.90 Å². The number of halogens is 2. The fraction of sp³-hybridized carbons (Fsp3) is 0.800. The van der Waals surface area contributed by atoms with Crippen LogP contribution < -0.4 is 5.73 Å². The minimum absolute atomic E-state index is 0.109. The van der Waals surface area contributed by atoms with Crippen molar-refractivity contribution in [3.05, 3.63) is 0 Å². The van der Waals surface area contributed by atoms with Crippen LogP contribution in [0.5, 0.6) is 0 Å². The van der Waals surface area contributed by atoms with Crippen molar-refractivity contribution in [2.24, 2.45) is 5.73 Å². The van der Waals surface area contributed by atoms with Gasteiger partial charge in [-0.2, -0.15) is 8.78 Å². The number of carbonyl (C=O) groups is 1. The second kappa shape index (κ2) is 2.49. The molecule has 5 heteroatoms. The van der Waals surface area contributed by atoms with Crippen LogP contribution in [0.4, 0.5) is 8.78 Å². The van der Waals surface area contributed by atoms with Gasteiger partial charge in [-0.25, -0.2) is 0 Å². The standard InChI is InChI=1S/C5H8F2N2O/c6-4(7)5(10)9-1-3(8)2-9/h3-4H,1-2,8H2. The number of hydrogen-bond donors (Lipinski definition) is 1. The molecule has 0 spiro atoms. The highest BCUT2D eigenvalue weighted by atomic mass is 19.3. The third-order valence-corrected chi connectivity index (χ3v) is 1.41. The summed E-state index contributed by atoms with van der Waals surface area (Å²) in [5.41, 5.74) is 5.27. The summed E-state index contributed by atoms with van der Waals surface area (Å²) in [4.78, 5) is 11.4. The molecular weight excluding hydrogens is 142 g/mol. The van der Waals surface area contributed by atoms with E-state index in [4.69, 9.17) is 5.73 Å². The maximum atomic E-state index is 11.6. The van der Waals surface area contributed by atoms with Crippen LogP contribution in [0.15, 0.2) is 0 Å². The molecular formula is C5H8F2N2O. The minimum atomic E-state index is -2.88. The summed E-state index contributed by atoms with van der Waals surface area (Å²) in [6, 6.07) is -0.109. The van der Waals surface area contributed by atoms with Gasteiger partial charge in [-0.05, 0) is 0 Å². The summed E-state index contributed by atoms with van der Waals surface area (Å²) < 4.78 is 23.2. The summed E-state index contributed by atoms with van der Waals surface area (Å²) in [7, 11) is 0. The molecule has 0 bridgehead atoms. The normalized spacial score (nSPS) is 19.4. The number of carbonyl (C=O) groups excluding carboxylic acids is 1. The lowest BCUT2D eigenvalue weighted by Crippen LogP contribution is -2.59. The highest BCUT2D eigenvalue weighted by Crippen LogP contribution is 2.09. The molecule has 2 N–H and O–H groups in total. The van der Waals surface area contributed by atoms with E-state index in [0.29, 0.717) is 0 Å². The van der Waals surface area contributed by atoms with Gasteiger partial charge < -0.3 is 10.6 Å². The molecule has 1 heterocycles. The van der Waals surface area contributed by atoms with Gasteiger partial charge >= 0.3 is 6.43 Å². The minimum Gasteiger partial charge on any atom is -0.335 e. The molecule has 0 radical (unpaired) electrons. The molecule has 0 aliphatic carbocycles. The number of nitrogens with two attached hydrogens (primary N) is 1. The second-order valence-electron chi connectivity index (χ2n) is 2.30. The van der Waals surface area contributed by atoms with E-state index in [1.165, 1.54) is 0 Å². The Labute approximate surface area is 56.8 Å². The van der Waals surface area contributed by atoms with Crippen molar-refractivity contribution in [1.82, 2.24) is 4.90 Å². The number of alkyl halides is 2. The SMILES string of the molecule is NC1CN(C(=O)C(F)F)C1. The van der Waals surface area contributed by atoms with Crippen LogP contribution in [0.25, 0.3) is 0 Å². The maximum absolute atomic E-state index is 11.6. The molecule has 1 aliphatic rings. The average molecular weight is 150 g/mol. The van der Waals surface area contributed by atoms with Gasteiger partial charge in [0.25, 0.3) is 5.91 Å². The Morgan fingerprint density at radius 2 is 2.10 bits per heavy atom. The molecule has 0 aromatic rings. The van der Waals surface area contributed by atoms with E-state index in [-0.39, 0.29) is 19.1 Å². The number of hydrogen-bond acceptors (Lipinski definition) is 2. The molecule has 1 saturated heterocycles. The van der Waals surface area contributed by atoms with Crippen LogP contribution in [0.1, 0.15) is 0 Å². The lowest BCUT2D eigenvalue weighted by atomic mass is 10.1. The van der Waals surface area contributed by atoms with Crippen LogP contribution in [-0.2, 0) is 4.79 Å². The fourth-order valence-electron chi connectivity index (χ4n) is 0.831. The predicted molar refractivity (Wildman–Crippen MR) is 30.6 cm³/mol. The van der Waals surface area contributed by atoms with E-state index < -0.39 is 12.3 Å². The molecule has 0 atom stereocenters. The summed E-state index contributed by atoms with van der Waals surface area (Å²) in [5.74, 6) is -1.11. The molecule has 10 heavy (non-hydrogen) atoms. The smallest absolute Gasteiger partial charge is 0.315 e. The fourth-order valence-corrected chi connectivity index (χ4v) is 0.831. The van der Waals surface area contributed by atoms with Crippen LogP contribution in [0.2, 0.25) is 0 Å². The third kappa shape index (κ3) is 1.23. The Kier molecular flexibility index (Phi) is 1.85. The van der Waals surface area contributed by atoms with Gasteiger partial charge in [0, 0.05) is 19.1 Å². The number of nitrogens with zero attached hydrogens (tertiary/aromatic N) is 1. The van der Waals surface area contributed by atoms with Crippen LogP contribution >= 0.6 is 0 Å². The van der Waals surface area contributed by atoms with Gasteiger partial charge in [0.2, 0.25) is 0 Å². The number of likely N-dealkylation sites (tertiary alicyclic amines) is 1. The maximum Gasteiger partial charge on any atom is 0.315 e. The first-order chi connectivity index (χ1) is 4.61. The van der Waals surface area contributed by atoms with Crippen LogP contribution in [0.3, 0.4) is 0 Å². The molecule has 0 unspecified atom stereocenters. The van der Waals surface area contributed by atoms with Crippen molar-refractivity contribution >= 4 is 5.91 Å². The van der Waals surface area contributed by atoms with Crippen LogP contribution in [-0.4, -0.2) is 36.4 Å². The molecule has 0 saturated carbocycles. The molecule has 1 rings (SSSR count). The zero-order valence-corrected chi connectivity index (χ0v) is 5.26. The van der Waals surface area contributed by atoms with Crippen molar-refractivity contribution in [2.45, 2.75) is 12.5 Å². The van der Waals surface area contributed by atoms with E-state index in [2.05, 4.69) is 0 Å². The van der Waals surface area contributed by atoms with Crippen molar-refractivity contribution < 1.29 is 13.6 Å². The van der Waals surface area contributed by atoms with Crippen molar-refractivity contribution in [1.29, 1.82) is 0 Å². The predicted octanol–water partition coefficient (Wildman–Crippen LogP) is -0.579. The van der Waals surface area contributed by atoms with E-state index in [1.807, 2.05) is 0 Å². The first kappa shape index (κ1) is 7.40. The summed E-state index contributed by atoms with van der Waals surface area (Å²) >= 11 is 0. The van der Waals surface area contributed by atoms with Gasteiger partial charge in [-0.15, -0.1) is 0 Å². The van der Waals surface area contributed by atoms with Crippen molar-refractivity contribution in [3.8, 4) is 0 Å². The molecule has 1 fully saturated rings. The van der Waals surface area contributed by atoms with Crippen LogP contribution in [0, 0.1) is 0 Å². The second-order valence-corrected chi connectivity index (χ2v) is 2.30. The largest absolute Gasteiger partial charge is 0.335 e. The monoisotopic (exact) mass is 150 g/mol. The van der Waals surface area contributed by atoms with Gasteiger partial charge in [0.15, 0.2) is 0 Å². The van der Waals surface area contributed by atoms with Crippen molar-refractivity contribution in [2.75, 3.05) is 13.1 Å². The highest BCUT2D eigenvalue weighted by Gasteiger charge is 2.32. The van der Waals surface area contributed by atoms with Gasteiger partial charge in [0.1, 0.15) is 0 Å². The average Bonchev–Trinajstić information content (AvgIpc) is 1.79. The number of amides is 1. The molecule has 0 aromatic carbocycles. The Morgan fingerprint density at radius 1 is 1.60 bits per heavy atom. The van der Waals surface area contributed by atoms with Gasteiger partial charge in [-0.3, -0.25) is 4.79 Å². The van der Waals surface area contributed by atoms with E-state index in [9.17, 15) is 13.6 Å². The zero-order valence-electron chi connectivity index (χ0n) is 5.26. The van der Waals surface area contributed by atoms with Gasteiger partial charge in [-0.1, -0.05) is 0 Å². The molecule has 3 nitrogen and oxygen atoms in total. The third-order valence-electron chi connectivity index (χ3n) is 1.41. The summed E-state index contributed by atoms with van der Waals surface area (Å²) in [5, 5.41) is 0. The first-order valence-corrected chi connectivity index (χ1v) is 2.94. The quantitative estimate of drug-likeness (QED) is 0.543. The molecule has 1 amide bonds. The molecule has 0 aromatic heterocycles. The first-order valence-electron chi connectivity index (χ1n) is 2.94.